The minimum absolute atomic E-state index is 0.0154. The van der Waals surface area contributed by atoms with Gasteiger partial charge >= 0.3 is 6.18 Å². The average Bonchev–Trinajstić information content (AvgIpc) is 3.41. The number of halogens is 6. The monoisotopic (exact) mass is 621 g/mol. The second kappa shape index (κ2) is 15.1. The molecular weight excluding hydrogens is 589 g/mol. The molecule has 0 radical (unpaired) electrons. The Balaban J connectivity index is 0.000000908. The number of amides is 3. The molecule has 1 heterocycles. The topological polar surface area (TPSA) is 106 Å². The molecule has 8 nitrogen and oxygen atoms in total. The van der Waals surface area contributed by atoms with Gasteiger partial charge < -0.3 is 25.4 Å². The van der Waals surface area contributed by atoms with E-state index in [0.717, 1.165) is 20.5 Å². The number of anilines is 1. The molecule has 232 valence electrons. The van der Waals surface area contributed by atoms with Crippen molar-refractivity contribution in [1.82, 2.24) is 10.6 Å². The van der Waals surface area contributed by atoms with Crippen LogP contribution in [0.15, 0.2) is 36.4 Å². The van der Waals surface area contributed by atoms with Gasteiger partial charge in [-0.15, -0.1) is 0 Å². The zero-order valence-corrected chi connectivity index (χ0v) is 24.2. The molecule has 1 atom stereocenters. The highest BCUT2D eigenvalue weighted by atomic mass is 35.5. The molecule has 1 unspecified atom stereocenters. The molecule has 3 rings (SSSR count). The predicted molar refractivity (Wildman–Crippen MR) is 147 cm³/mol. The van der Waals surface area contributed by atoms with Crippen molar-refractivity contribution < 1.29 is 45.8 Å². The first-order valence-corrected chi connectivity index (χ1v) is 13.3. The van der Waals surface area contributed by atoms with E-state index in [-0.39, 0.29) is 34.1 Å². The van der Waals surface area contributed by atoms with Crippen molar-refractivity contribution in [1.29, 1.82) is 0 Å². The largest absolute Gasteiger partial charge is 0.487 e. The van der Waals surface area contributed by atoms with E-state index < -0.39 is 42.3 Å². The number of carbonyl (C=O) groups excluding carboxylic acids is 3. The van der Waals surface area contributed by atoms with Gasteiger partial charge in [-0.3, -0.25) is 14.4 Å². The fourth-order valence-corrected chi connectivity index (χ4v) is 3.73. The van der Waals surface area contributed by atoms with Gasteiger partial charge in [-0.25, -0.2) is 8.78 Å². The third-order valence-corrected chi connectivity index (χ3v) is 6.57. The van der Waals surface area contributed by atoms with Gasteiger partial charge in [-0.2, -0.15) is 13.2 Å². The molecule has 2 aromatic rings. The molecular formula is C28H33ClF5N3O5. The van der Waals surface area contributed by atoms with Crippen LogP contribution in [-0.4, -0.2) is 56.7 Å². The van der Waals surface area contributed by atoms with Crippen molar-refractivity contribution >= 4 is 35.0 Å². The van der Waals surface area contributed by atoms with Crippen LogP contribution in [0.25, 0.3) is 0 Å². The number of alkyl halides is 5. The van der Waals surface area contributed by atoms with E-state index in [4.69, 9.17) is 21.1 Å². The van der Waals surface area contributed by atoms with Crippen molar-refractivity contribution in [3.63, 3.8) is 0 Å². The Bertz CT molecular complexity index is 1250. The Morgan fingerprint density at radius 3 is 2.29 bits per heavy atom. The second-order valence-electron chi connectivity index (χ2n) is 9.89. The summed E-state index contributed by atoms with van der Waals surface area (Å²) in [4.78, 5) is 36.9. The molecule has 0 bridgehead atoms. The molecule has 0 spiro atoms. The molecule has 0 aromatic heterocycles. The van der Waals surface area contributed by atoms with Crippen LogP contribution in [0.3, 0.4) is 0 Å². The summed E-state index contributed by atoms with van der Waals surface area (Å²) in [5, 5.41) is 7.04. The quantitative estimate of drug-likeness (QED) is 0.299. The SMILES string of the molecule is CC1CCCO1.CNC(=O)c1cc(NC(=O)c2cc(CNC(=O)C(C)(C)C(F)(F)F)ccc2Cl)ccc1OCC(F)F. The molecule has 0 saturated carbocycles. The highest BCUT2D eigenvalue weighted by Crippen LogP contribution is 2.37. The lowest BCUT2D eigenvalue weighted by Crippen LogP contribution is -2.46. The number of ether oxygens (including phenoxy) is 2. The minimum Gasteiger partial charge on any atom is -0.487 e. The number of benzene rings is 2. The summed E-state index contributed by atoms with van der Waals surface area (Å²) in [5.74, 6) is -2.74. The maximum Gasteiger partial charge on any atom is 0.402 e. The lowest BCUT2D eigenvalue weighted by molar-refractivity contribution is -0.211. The molecule has 1 aliphatic heterocycles. The first-order valence-electron chi connectivity index (χ1n) is 12.9. The lowest BCUT2D eigenvalue weighted by atomic mass is 9.91. The summed E-state index contributed by atoms with van der Waals surface area (Å²) in [6, 6.07) is 7.83. The Morgan fingerprint density at radius 1 is 1.07 bits per heavy atom. The van der Waals surface area contributed by atoms with Gasteiger partial charge in [0.05, 0.1) is 22.3 Å². The van der Waals surface area contributed by atoms with Gasteiger partial charge in [0.2, 0.25) is 5.91 Å². The van der Waals surface area contributed by atoms with Gasteiger partial charge in [0.25, 0.3) is 18.2 Å². The summed E-state index contributed by atoms with van der Waals surface area (Å²) in [7, 11) is 1.32. The van der Waals surface area contributed by atoms with Crippen LogP contribution in [0.1, 0.15) is 59.9 Å². The molecule has 42 heavy (non-hydrogen) atoms. The molecule has 2 aromatic carbocycles. The summed E-state index contributed by atoms with van der Waals surface area (Å²) < 4.78 is 74.2. The highest BCUT2D eigenvalue weighted by Gasteiger charge is 2.52. The van der Waals surface area contributed by atoms with Crippen LogP contribution in [-0.2, 0) is 16.1 Å². The maximum absolute atomic E-state index is 13.0. The second-order valence-corrected chi connectivity index (χ2v) is 10.3. The number of hydrogen-bond acceptors (Lipinski definition) is 5. The van der Waals surface area contributed by atoms with E-state index in [1.165, 1.54) is 56.3 Å². The van der Waals surface area contributed by atoms with E-state index in [0.29, 0.717) is 11.7 Å². The van der Waals surface area contributed by atoms with Gasteiger partial charge in [0.15, 0.2) is 0 Å². The van der Waals surface area contributed by atoms with E-state index in [9.17, 15) is 36.3 Å². The third kappa shape index (κ3) is 9.83. The van der Waals surface area contributed by atoms with Crippen LogP contribution in [0.2, 0.25) is 5.02 Å². The third-order valence-electron chi connectivity index (χ3n) is 6.24. The van der Waals surface area contributed by atoms with Crippen molar-refractivity contribution in [2.45, 2.75) is 58.9 Å². The van der Waals surface area contributed by atoms with Gasteiger partial charge in [0, 0.05) is 25.9 Å². The zero-order valence-electron chi connectivity index (χ0n) is 23.5. The molecule has 14 heteroatoms. The standard InChI is InChI=1S/C23H23ClF5N3O4.C5H10O/c1-22(2,23(27,28)29)21(35)31-10-12-4-6-16(24)14(8-12)20(34)32-13-5-7-17(36-11-18(25)26)15(9-13)19(33)30-3;1-5-3-2-4-6-5/h4-9,18H,10-11H2,1-3H3,(H,30,33)(H,31,35)(H,32,34);5H,2-4H2,1H3. The highest BCUT2D eigenvalue weighted by molar-refractivity contribution is 6.34. The number of rotatable bonds is 9. The Labute approximate surface area is 245 Å². The van der Waals surface area contributed by atoms with Crippen LogP contribution in [0.5, 0.6) is 5.75 Å². The minimum atomic E-state index is -4.75. The van der Waals surface area contributed by atoms with Crippen molar-refractivity contribution in [2.24, 2.45) is 5.41 Å². The van der Waals surface area contributed by atoms with Crippen molar-refractivity contribution in [3.05, 3.63) is 58.1 Å². The lowest BCUT2D eigenvalue weighted by Gasteiger charge is -2.26. The Hall–Kier alpha value is -3.45. The number of hydrogen-bond donors (Lipinski definition) is 3. The first kappa shape index (κ1) is 34.7. The van der Waals surface area contributed by atoms with E-state index in [1.54, 1.807) is 0 Å². The summed E-state index contributed by atoms with van der Waals surface area (Å²) in [5.41, 5.74) is -2.36. The van der Waals surface area contributed by atoms with Crippen LogP contribution >= 0.6 is 11.6 Å². The molecule has 3 amide bonds. The van der Waals surface area contributed by atoms with Gasteiger partial charge in [-0.1, -0.05) is 17.7 Å². The van der Waals surface area contributed by atoms with E-state index in [1.807, 2.05) is 0 Å². The fourth-order valence-electron chi connectivity index (χ4n) is 3.52. The summed E-state index contributed by atoms with van der Waals surface area (Å²) in [6.45, 7) is 3.37. The van der Waals surface area contributed by atoms with Crippen molar-refractivity contribution in [3.8, 4) is 5.75 Å². The van der Waals surface area contributed by atoms with Gasteiger partial charge in [-0.05, 0) is 69.5 Å². The number of nitrogens with one attached hydrogen (secondary N) is 3. The molecule has 1 saturated heterocycles. The maximum atomic E-state index is 13.0. The van der Waals surface area contributed by atoms with Crippen molar-refractivity contribution in [2.75, 3.05) is 25.6 Å². The molecule has 0 aliphatic carbocycles. The summed E-state index contributed by atoms with van der Waals surface area (Å²) >= 11 is 6.10. The van der Waals surface area contributed by atoms with Crippen LogP contribution in [0, 0.1) is 5.41 Å². The zero-order chi connectivity index (χ0) is 31.7. The molecule has 3 N–H and O–H groups in total. The van der Waals surface area contributed by atoms with Crippen LogP contribution < -0.4 is 20.7 Å². The summed E-state index contributed by atoms with van der Waals surface area (Å²) in [6.07, 6.45) is -4.44. The smallest absolute Gasteiger partial charge is 0.402 e. The number of carbonyl (C=O) groups is 3. The fraction of sp³-hybridized carbons (Fsp3) is 0.464. The predicted octanol–water partition coefficient (Wildman–Crippen LogP) is 5.99. The molecule has 1 fully saturated rings. The Morgan fingerprint density at radius 2 is 1.76 bits per heavy atom. The Kier molecular flexibility index (Phi) is 12.5. The molecule has 1 aliphatic rings. The van der Waals surface area contributed by atoms with E-state index in [2.05, 4.69) is 22.9 Å². The average molecular weight is 622 g/mol. The normalized spacial score (nSPS) is 15.0. The first-order chi connectivity index (χ1) is 19.6. The van der Waals surface area contributed by atoms with Gasteiger partial charge in [0.1, 0.15) is 17.8 Å². The van der Waals surface area contributed by atoms with E-state index >= 15 is 0 Å². The van der Waals surface area contributed by atoms with Crippen LogP contribution in [0.4, 0.5) is 27.6 Å².